The molecule has 3 aromatic rings. The van der Waals surface area contributed by atoms with Gasteiger partial charge in [0.1, 0.15) is 11.5 Å². The van der Waals surface area contributed by atoms with Crippen molar-refractivity contribution < 1.29 is 9.84 Å². The van der Waals surface area contributed by atoms with Crippen molar-refractivity contribution in [2.24, 2.45) is 11.6 Å². The number of likely N-dealkylation sites (N-methyl/N-ethyl adjacent to an activating group) is 1. The van der Waals surface area contributed by atoms with Gasteiger partial charge >= 0.3 is 0 Å². The Morgan fingerprint density at radius 1 is 1.17 bits per heavy atom. The molecule has 2 aromatic heterocycles. The fourth-order valence-electron chi connectivity index (χ4n) is 2.71. The lowest BCUT2D eigenvalue weighted by atomic mass is 10.2. The Morgan fingerprint density at radius 3 is 2.67 bits per heavy atom. The van der Waals surface area contributed by atoms with Crippen LogP contribution in [0.5, 0.6) is 17.4 Å². The van der Waals surface area contributed by atoms with Crippen LogP contribution in [0.25, 0.3) is 5.70 Å². The Kier molecular flexibility index (Phi) is 6.33. The number of anilines is 1. The number of rotatable bonds is 7. The predicted octanol–water partition coefficient (Wildman–Crippen LogP) is 2.53. The molecule has 0 saturated heterocycles. The average molecular weight is 407 g/mol. The van der Waals surface area contributed by atoms with Gasteiger partial charge in [0.15, 0.2) is 0 Å². The highest BCUT2D eigenvalue weighted by molar-refractivity contribution is 5.64. The topological polar surface area (TPSA) is 135 Å². The molecule has 6 N–H and O–H groups in total. The molecule has 0 spiro atoms. The predicted molar refractivity (Wildman–Crippen MR) is 115 cm³/mol. The second kappa shape index (κ2) is 9.10. The van der Waals surface area contributed by atoms with Gasteiger partial charge in [-0.1, -0.05) is 12.1 Å². The molecular formula is C21H25N7O2. The Hall–Kier alpha value is -3.85. The van der Waals surface area contributed by atoms with Crippen LogP contribution in [-0.2, 0) is 0 Å². The van der Waals surface area contributed by atoms with Crippen LogP contribution >= 0.6 is 0 Å². The number of hydrogen-bond acceptors (Lipinski definition) is 9. The fourth-order valence-corrected chi connectivity index (χ4v) is 2.71. The Labute approximate surface area is 175 Å². The molecule has 0 atom stereocenters. The molecular weight excluding hydrogens is 382 g/mol. The minimum absolute atomic E-state index is 0.103. The molecule has 0 radical (unpaired) electrons. The monoisotopic (exact) mass is 407 g/mol. The summed E-state index contributed by atoms with van der Waals surface area (Å²) in [5.41, 5.74) is 9.32. The van der Waals surface area contributed by atoms with Crippen LogP contribution in [0.1, 0.15) is 17.0 Å². The van der Waals surface area contributed by atoms with Crippen LogP contribution in [0.15, 0.2) is 54.4 Å². The zero-order valence-corrected chi connectivity index (χ0v) is 17.1. The number of nitrogens with two attached hydrogens (primary N) is 2. The largest absolute Gasteiger partial charge is 0.506 e. The summed E-state index contributed by atoms with van der Waals surface area (Å²) < 4.78 is 5.80. The molecule has 3 rings (SSSR count). The number of aryl methyl sites for hydroxylation is 2. The number of hydrogen-bond donors (Lipinski definition) is 4. The van der Waals surface area contributed by atoms with E-state index in [9.17, 15) is 5.11 Å². The molecule has 0 aliphatic carbocycles. The van der Waals surface area contributed by atoms with Gasteiger partial charge in [0.05, 0.1) is 29.3 Å². The first-order valence-electron chi connectivity index (χ1n) is 9.29. The highest BCUT2D eigenvalue weighted by Gasteiger charge is 2.12. The summed E-state index contributed by atoms with van der Waals surface area (Å²) in [7, 11) is 1.68. The zero-order chi connectivity index (χ0) is 21.7. The van der Waals surface area contributed by atoms with Gasteiger partial charge in [-0.15, -0.1) is 0 Å². The maximum atomic E-state index is 9.68. The van der Waals surface area contributed by atoms with Crippen molar-refractivity contribution in [2.45, 2.75) is 13.8 Å². The Morgan fingerprint density at radius 2 is 1.97 bits per heavy atom. The number of benzene rings is 1. The number of pyridine rings is 1. The van der Waals surface area contributed by atoms with Crippen LogP contribution < -0.4 is 21.6 Å². The third-order valence-corrected chi connectivity index (χ3v) is 4.33. The van der Waals surface area contributed by atoms with Gasteiger partial charge < -0.3 is 25.9 Å². The highest BCUT2D eigenvalue weighted by Crippen LogP contribution is 2.22. The molecule has 9 heteroatoms. The number of nitrogens with one attached hydrogen (secondary N) is 1. The van der Waals surface area contributed by atoms with Gasteiger partial charge in [0, 0.05) is 19.3 Å². The molecule has 156 valence electrons. The van der Waals surface area contributed by atoms with Crippen molar-refractivity contribution >= 4 is 11.6 Å². The molecule has 0 bridgehead atoms. The van der Waals surface area contributed by atoms with Crippen LogP contribution in [-0.4, -0.2) is 38.7 Å². The van der Waals surface area contributed by atoms with E-state index in [2.05, 4.69) is 20.3 Å². The molecule has 2 heterocycles. The van der Waals surface area contributed by atoms with E-state index in [4.69, 9.17) is 16.3 Å². The number of aromatic nitrogens is 3. The molecule has 0 saturated carbocycles. The van der Waals surface area contributed by atoms with Crippen molar-refractivity contribution in [3.63, 3.8) is 0 Å². The smallest absolute Gasteiger partial charge is 0.226 e. The molecule has 1 aromatic carbocycles. The number of nitrogens with zero attached hydrogens (tertiary/aromatic N) is 4. The maximum Gasteiger partial charge on any atom is 0.226 e. The first-order chi connectivity index (χ1) is 14.3. The van der Waals surface area contributed by atoms with Crippen LogP contribution in [0.3, 0.4) is 0 Å². The summed E-state index contributed by atoms with van der Waals surface area (Å²) in [6.45, 7) is 3.95. The van der Waals surface area contributed by atoms with E-state index in [1.807, 2.05) is 31.2 Å². The fraction of sp³-hybridized carbons (Fsp3) is 0.190. The van der Waals surface area contributed by atoms with E-state index in [1.54, 1.807) is 38.4 Å². The minimum Gasteiger partial charge on any atom is -0.506 e. The van der Waals surface area contributed by atoms with Crippen molar-refractivity contribution in [3.8, 4) is 17.4 Å². The minimum atomic E-state index is 0.103. The SMILES string of the molecule is Cc1cccc(Oc2ccnc(NC/C(=C(/N)c3ccc(O)c(C)n3)N(C)N)n2)c1. The highest BCUT2D eigenvalue weighted by atomic mass is 16.5. The first-order valence-corrected chi connectivity index (χ1v) is 9.29. The lowest BCUT2D eigenvalue weighted by molar-refractivity contribution is 0.437. The summed E-state index contributed by atoms with van der Waals surface area (Å²) in [4.78, 5) is 12.9. The quantitative estimate of drug-likeness (QED) is 0.344. The van der Waals surface area contributed by atoms with Crippen molar-refractivity contribution in [1.29, 1.82) is 0 Å². The van der Waals surface area contributed by atoms with Gasteiger partial charge in [0.2, 0.25) is 11.8 Å². The Balaban J connectivity index is 1.77. The Bertz CT molecular complexity index is 1070. The molecule has 0 aliphatic rings. The van der Waals surface area contributed by atoms with Gasteiger partial charge in [-0.05, 0) is 43.7 Å². The zero-order valence-electron chi connectivity index (χ0n) is 17.1. The number of hydrazine groups is 1. The van der Waals surface area contributed by atoms with Crippen LogP contribution in [0.2, 0.25) is 0 Å². The normalized spacial score (nSPS) is 11.6. The van der Waals surface area contributed by atoms with Crippen LogP contribution in [0.4, 0.5) is 5.95 Å². The standard InChI is InChI=1S/C21H25N7O2/c1-13-5-4-6-15(11-13)30-19-9-10-24-21(27-19)25-12-17(28(3)23)20(22)16-7-8-18(29)14(2)26-16/h4-11,29H,12,22-23H2,1-3H3,(H,24,25,27)/b20-17-. The first kappa shape index (κ1) is 20.9. The van der Waals surface area contributed by atoms with Crippen LogP contribution in [0, 0.1) is 13.8 Å². The third-order valence-electron chi connectivity index (χ3n) is 4.33. The van der Waals surface area contributed by atoms with Crippen molar-refractivity contribution in [2.75, 3.05) is 18.9 Å². The summed E-state index contributed by atoms with van der Waals surface area (Å²) in [5.74, 6) is 7.54. The molecule has 0 amide bonds. The lowest BCUT2D eigenvalue weighted by Crippen LogP contribution is -2.32. The van der Waals surface area contributed by atoms with Gasteiger partial charge in [-0.25, -0.2) is 15.8 Å². The van der Waals surface area contributed by atoms with Gasteiger partial charge in [-0.2, -0.15) is 4.98 Å². The van der Waals surface area contributed by atoms with Gasteiger partial charge in [-0.3, -0.25) is 0 Å². The van der Waals surface area contributed by atoms with E-state index >= 15 is 0 Å². The van der Waals surface area contributed by atoms with E-state index in [0.29, 0.717) is 40.4 Å². The summed E-state index contributed by atoms with van der Waals surface area (Å²) in [6.07, 6.45) is 1.60. The second-order valence-corrected chi connectivity index (χ2v) is 6.76. The molecule has 9 nitrogen and oxygen atoms in total. The molecule has 0 aliphatic heterocycles. The van der Waals surface area contributed by atoms with Crippen molar-refractivity contribution in [3.05, 3.63) is 71.3 Å². The number of aromatic hydroxyl groups is 1. The second-order valence-electron chi connectivity index (χ2n) is 6.76. The molecule has 0 unspecified atom stereocenters. The van der Waals surface area contributed by atoms with E-state index < -0.39 is 0 Å². The lowest BCUT2D eigenvalue weighted by Gasteiger charge is -2.20. The van der Waals surface area contributed by atoms with E-state index in [1.165, 1.54) is 5.01 Å². The average Bonchev–Trinajstić information content (AvgIpc) is 2.70. The maximum absolute atomic E-state index is 9.68. The van der Waals surface area contributed by atoms with E-state index in [0.717, 1.165) is 5.56 Å². The van der Waals surface area contributed by atoms with E-state index in [-0.39, 0.29) is 12.3 Å². The summed E-state index contributed by atoms with van der Waals surface area (Å²) >= 11 is 0. The molecule has 30 heavy (non-hydrogen) atoms. The summed E-state index contributed by atoms with van der Waals surface area (Å²) in [6, 6.07) is 12.5. The third kappa shape index (κ3) is 5.15. The van der Waals surface area contributed by atoms with Gasteiger partial charge in [0.25, 0.3) is 0 Å². The van der Waals surface area contributed by atoms with Crippen molar-refractivity contribution in [1.82, 2.24) is 20.0 Å². The number of ether oxygens (including phenoxy) is 1. The summed E-state index contributed by atoms with van der Waals surface area (Å²) in [5, 5.41) is 14.2. The molecule has 0 fully saturated rings.